The topological polar surface area (TPSA) is 24.5 Å². The Hall–Kier alpha value is -0.120. The average molecular weight is 280 g/mol. The standard InChI is InChI=1S/C17H32N2O/c1-14-6-8-17(9-7-14,12-18-2)13-19-10-11-20-16-5-3-4-15(16)19/h14-16,18H,3-13H2,1-2H3. The Bertz CT molecular complexity index is 312. The van der Waals surface area contributed by atoms with Gasteiger partial charge in [0.2, 0.25) is 0 Å². The molecule has 1 heterocycles. The van der Waals surface area contributed by atoms with Crippen LogP contribution < -0.4 is 5.32 Å². The summed E-state index contributed by atoms with van der Waals surface area (Å²) in [4.78, 5) is 2.79. The maximum atomic E-state index is 5.97. The first kappa shape index (κ1) is 14.8. The van der Waals surface area contributed by atoms with E-state index in [1.54, 1.807) is 0 Å². The highest BCUT2D eigenvalue weighted by Crippen LogP contribution is 2.41. The van der Waals surface area contributed by atoms with E-state index < -0.39 is 0 Å². The van der Waals surface area contributed by atoms with Crippen LogP contribution in [0.15, 0.2) is 0 Å². The van der Waals surface area contributed by atoms with Gasteiger partial charge in [-0.05, 0) is 50.5 Å². The van der Waals surface area contributed by atoms with Crippen molar-refractivity contribution in [2.45, 2.75) is 64.0 Å². The zero-order chi connectivity index (χ0) is 14.0. The van der Waals surface area contributed by atoms with Gasteiger partial charge in [-0.2, -0.15) is 0 Å². The van der Waals surface area contributed by atoms with Crippen molar-refractivity contribution in [2.24, 2.45) is 11.3 Å². The van der Waals surface area contributed by atoms with Gasteiger partial charge in [0.25, 0.3) is 0 Å². The molecule has 2 saturated carbocycles. The number of hydrogen-bond acceptors (Lipinski definition) is 3. The minimum Gasteiger partial charge on any atom is -0.375 e. The molecule has 2 aliphatic carbocycles. The number of hydrogen-bond donors (Lipinski definition) is 1. The molecule has 3 aliphatic rings. The van der Waals surface area contributed by atoms with E-state index in [4.69, 9.17) is 4.74 Å². The highest BCUT2D eigenvalue weighted by Gasteiger charge is 2.41. The highest BCUT2D eigenvalue weighted by molar-refractivity contribution is 4.95. The number of fused-ring (bicyclic) bond motifs is 1. The van der Waals surface area contributed by atoms with Crippen molar-refractivity contribution in [3.8, 4) is 0 Å². The lowest BCUT2D eigenvalue weighted by Crippen LogP contribution is -2.54. The van der Waals surface area contributed by atoms with Gasteiger partial charge < -0.3 is 10.1 Å². The quantitative estimate of drug-likeness (QED) is 0.857. The molecule has 3 heteroatoms. The van der Waals surface area contributed by atoms with Gasteiger partial charge >= 0.3 is 0 Å². The van der Waals surface area contributed by atoms with Crippen molar-refractivity contribution in [1.29, 1.82) is 0 Å². The van der Waals surface area contributed by atoms with Crippen LogP contribution in [0.2, 0.25) is 0 Å². The summed E-state index contributed by atoms with van der Waals surface area (Å²) < 4.78 is 5.97. The second-order valence-corrected chi connectivity index (χ2v) is 7.59. The minimum atomic E-state index is 0.520. The van der Waals surface area contributed by atoms with Gasteiger partial charge in [0.1, 0.15) is 0 Å². The number of ether oxygens (including phenoxy) is 1. The van der Waals surface area contributed by atoms with E-state index in [9.17, 15) is 0 Å². The molecule has 2 atom stereocenters. The number of nitrogens with one attached hydrogen (secondary N) is 1. The van der Waals surface area contributed by atoms with Gasteiger partial charge in [-0.3, -0.25) is 4.90 Å². The fourth-order valence-corrected chi connectivity index (χ4v) is 4.77. The summed E-state index contributed by atoms with van der Waals surface area (Å²) in [5.74, 6) is 0.934. The fourth-order valence-electron chi connectivity index (χ4n) is 4.77. The van der Waals surface area contributed by atoms with E-state index in [0.29, 0.717) is 11.5 Å². The first-order valence-electron chi connectivity index (χ1n) is 8.73. The van der Waals surface area contributed by atoms with Crippen LogP contribution in [-0.4, -0.2) is 50.3 Å². The number of rotatable bonds is 4. The third kappa shape index (κ3) is 3.05. The molecule has 1 aliphatic heterocycles. The predicted octanol–water partition coefficient (Wildman–Crippen LogP) is 2.66. The molecule has 0 bridgehead atoms. The molecule has 3 nitrogen and oxygen atoms in total. The van der Waals surface area contributed by atoms with Gasteiger partial charge in [-0.1, -0.05) is 19.8 Å². The molecule has 2 unspecified atom stereocenters. The van der Waals surface area contributed by atoms with E-state index in [-0.39, 0.29) is 0 Å². The van der Waals surface area contributed by atoms with Gasteiger partial charge in [0, 0.05) is 25.7 Å². The third-order valence-corrected chi connectivity index (χ3v) is 6.02. The van der Waals surface area contributed by atoms with E-state index in [2.05, 4.69) is 24.2 Å². The van der Waals surface area contributed by atoms with Crippen LogP contribution in [0, 0.1) is 11.3 Å². The van der Waals surface area contributed by atoms with Crippen molar-refractivity contribution in [2.75, 3.05) is 33.3 Å². The van der Waals surface area contributed by atoms with Gasteiger partial charge in [-0.25, -0.2) is 0 Å². The van der Waals surface area contributed by atoms with Gasteiger partial charge in [-0.15, -0.1) is 0 Å². The highest BCUT2D eigenvalue weighted by atomic mass is 16.5. The number of morpholine rings is 1. The molecule has 0 aromatic heterocycles. The summed E-state index contributed by atoms with van der Waals surface area (Å²) in [7, 11) is 2.12. The van der Waals surface area contributed by atoms with Gasteiger partial charge in [0.15, 0.2) is 0 Å². The maximum absolute atomic E-state index is 5.97. The van der Waals surface area contributed by atoms with Crippen LogP contribution in [0.4, 0.5) is 0 Å². The monoisotopic (exact) mass is 280 g/mol. The molecule has 0 aromatic carbocycles. The summed E-state index contributed by atoms with van der Waals surface area (Å²) >= 11 is 0. The Balaban J connectivity index is 1.66. The molecule has 116 valence electrons. The Labute approximate surface area is 124 Å². The van der Waals surface area contributed by atoms with E-state index in [1.807, 2.05) is 0 Å². The van der Waals surface area contributed by atoms with E-state index in [1.165, 1.54) is 58.0 Å². The molecular formula is C17H32N2O. The molecule has 3 fully saturated rings. The fraction of sp³-hybridized carbons (Fsp3) is 1.00. The van der Waals surface area contributed by atoms with Crippen molar-refractivity contribution >= 4 is 0 Å². The molecule has 1 saturated heterocycles. The normalized spacial score (nSPS) is 42.6. The Kier molecular flexibility index (Phi) is 4.68. The van der Waals surface area contributed by atoms with Crippen LogP contribution in [0.25, 0.3) is 0 Å². The summed E-state index contributed by atoms with van der Waals surface area (Å²) in [5, 5.41) is 3.48. The lowest BCUT2D eigenvalue weighted by Gasteiger charge is -2.47. The maximum Gasteiger partial charge on any atom is 0.0730 e. The van der Waals surface area contributed by atoms with Crippen LogP contribution in [0.1, 0.15) is 51.9 Å². The second-order valence-electron chi connectivity index (χ2n) is 7.59. The molecule has 0 amide bonds. The lowest BCUT2D eigenvalue weighted by atomic mass is 9.70. The SMILES string of the molecule is CNCC1(CN2CCOC3CCCC32)CCC(C)CC1. The molecule has 3 rings (SSSR count). The van der Waals surface area contributed by atoms with Crippen molar-refractivity contribution in [1.82, 2.24) is 10.2 Å². The van der Waals surface area contributed by atoms with Gasteiger partial charge in [0.05, 0.1) is 12.7 Å². The molecule has 1 N–H and O–H groups in total. The van der Waals surface area contributed by atoms with Crippen LogP contribution in [-0.2, 0) is 4.74 Å². The van der Waals surface area contributed by atoms with Crippen LogP contribution in [0.5, 0.6) is 0 Å². The molecule has 0 spiro atoms. The average Bonchev–Trinajstić information content (AvgIpc) is 2.92. The van der Waals surface area contributed by atoms with Crippen molar-refractivity contribution in [3.63, 3.8) is 0 Å². The van der Waals surface area contributed by atoms with E-state index in [0.717, 1.165) is 25.1 Å². The smallest absolute Gasteiger partial charge is 0.0730 e. The first-order valence-corrected chi connectivity index (χ1v) is 8.73. The third-order valence-electron chi connectivity index (χ3n) is 6.02. The largest absolute Gasteiger partial charge is 0.375 e. The molecule has 20 heavy (non-hydrogen) atoms. The summed E-state index contributed by atoms with van der Waals surface area (Å²) in [5.41, 5.74) is 0.520. The van der Waals surface area contributed by atoms with Crippen LogP contribution >= 0.6 is 0 Å². The second kappa shape index (κ2) is 6.33. The summed E-state index contributed by atoms with van der Waals surface area (Å²) in [6.07, 6.45) is 10.2. The van der Waals surface area contributed by atoms with Crippen LogP contribution in [0.3, 0.4) is 0 Å². The summed E-state index contributed by atoms with van der Waals surface area (Å²) in [6, 6.07) is 0.719. The Morgan fingerprint density at radius 1 is 1.20 bits per heavy atom. The predicted molar refractivity (Wildman–Crippen MR) is 82.9 cm³/mol. The zero-order valence-electron chi connectivity index (χ0n) is 13.4. The lowest BCUT2D eigenvalue weighted by molar-refractivity contribution is -0.0732. The number of nitrogens with zero attached hydrogens (tertiary/aromatic N) is 1. The minimum absolute atomic E-state index is 0.520. The Morgan fingerprint density at radius 3 is 2.75 bits per heavy atom. The molecular weight excluding hydrogens is 248 g/mol. The molecule has 0 aromatic rings. The zero-order valence-corrected chi connectivity index (χ0v) is 13.4. The molecule has 0 radical (unpaired) electrons. The van der Waals surface area contributed by atoms with Crippen molar-refractivity contribution in [3.05, 3.63) is 0 Å². The first-order chi connectivity index (χ1) is 9.72. The Morgan fingerprint density at radius 2 is 2.00 bits per heavy atom. The van der Waals surface area contributed by atoms with Crippen molar-refractivity contribution < 1.29 is 4.74 Å². The summed E-state index contributed by atoms with van der Waals surface area (Å²) in [6.45, 7) is 7.01. The van der Waals surface area contributed by atoms with E-state index >= 15 is 0 Å².